The highest BCUT2D eigenvalue weighted by Gasteiger charge is 2.32. The number of phenols is 1. The molecular weight excluding hydrogens is 354 g/mol. The molecule has 0 atom stereocenters. The standard InChI is InChI=1S/C22H21N3OS/c26-19-12-16(15-4-3-9-24-14-15)13-21-22(19)25(17-7-10-23-11-8-17)18-5-1-2-6-20(18)27-21/h1-6,9,12-14,17,23,26H,7-8,10-11H2. The molecule has 2 aromatic carbocycles. The van der Waals surface area contributed by atoms with Gasteiger partial charge in [0.15, 0.2) is 0 Å². The maximum absolute atomic E-state index is 11.0. The van der Waals surface area contributed by atoms with Crippen LogP contribution in [0.25, 0.3) is 11.1 Å². The molecular formula is C22H21N3OS. The molecule has 27 heavy (non-hydrogen) atoms. The molecule has 0 unspecified atom stereocenters. The number of hydrogen-bond acceptors (Lipinski definition) is 5. The van der Waals surface area contributed by atoms with Crippen molar-refractivity contribution in [3.8, 4) is 16.9 Å². The number of piperidine rings is 1. The van der Waals surface area contributed by atoms with E-state index in [2.05, 4.69) is 45.5 Å². The molecule has 2 aliphatic rings. The molecule has 1 fully saturated rings. The van der Waals surface area contributed by atoms with Crippen LogP contribution in [0.5, 0.6) is 5.75 Å². The van der Waals surface area contributed by atoms with Gasteiger partial charge in [-0.1, -0.05) is 30.0 Å². The summed E-state index contributed by atoms with van der Waals surface area (Å²) in [5, 5.41) is 14.5. The molecule has 0 amide bonds. The second-order valence-corrected chi connectivity index (χ2v) is 8.09. The second kappa shape index (κ2) is 6.91. The first-order valence-electron chi connectivity index (χ1n) is 9.35. The van der Waals surface area contributed by atoms with Gasteiger partial charge in [-0.05, 0) is 61.8 Å². The Balaban J connectivity index is 1.66. The molecule has 136 valence electrons. The highest BCUT2D eigenvalue weighted by molar-refractivity contribution is 7.99. The van der Waals surface area contributed by atoms with Gasteiger partial charge in [0.2, 0.25) is 0 Å². The molecule has 0 bridgehead atoms. The Labute approximate surface area is 163 Å². The first-order chi connectivity index (χ1) is 13.3. The maximum atomic E-state index is 11.0. The molecule has 3 aromatic rings. The highest BCUT2D eigenvalue weighted by Crippen LogP contribution is 2.54. The van der Waals surface area contributed by atoms with E-state index in [0.717, 1.165) is 47.6 Å². The SMILES string of the molecule is Oc1cc(-c2cccnc2)cc2c1N(C1CCNCC1)c1ccccc1S2. The van der Waals surface area contributed by atoms with Crippen LogP contribution in [0.15, 0.2) is 70.7 Å². The first kappa shape index (κ1) is 16.7. The van der Waals surface area contributed by atoms with Crippen LogP contribution in [0.4, 0.5) is 11.4 Å². The molecule has 1 saturated heterocycles. The number of aromatic hydroxyl groups is 1. The van der Waals surface area contributed by atoms with Gasteiger partial charge >= 0.3 is 0 Å². The minimum Gasteiger partial charge on any atom is -0.506 e. The Bertz CT molecular complexity index is 971. The summed E-state index contributed by atoms with van der Waals surface area (Å²) in [6, 6.07) is 16.9. The van der Waals surface area contributed by atoms with E-state index in [1.54, 1.807) is 18.0 Å². The van der Waals surface area contributed by atoms with Gasteiger partial charge in [-0.15, -0.1) is 0 Å². The number of nitrogens with one attached hydrogen (secondary N) is 1. The lowest BCUT2D eigenvalue weighted by molar-refractivity contribution is 0.437. The van der Waals surface area contributed by atoms with Crippen molar-refractivity contribution < 1.29 is 5.11 Å². The topological polar surface area (TPSA) is 48.4 Å². The van der Waals surface area contributed by atoms with Crippen LogP contribution >= 0.6 is 11.8 Å². The number of nitrogens with zero attached hydrogens (tertiary/aromatic N) is 2. The van der Waals surface area contributed by atoms with Crippen molar-refractivity contribution in [3.63, 3.8) is 0 Å². The molecule has 3 heterocycles. The molecule has 0 spiro atoms. The van der Waals surface area contributed by atoms with Crippen LogP contribution in [-0.4, -0.2) is 29.2 Å². The van der Waals surface area contributed by atoms with Crippen molar-refractivity contribution in [2.24, 2.45) is 0 Å². The summed E-state index contributed by atoms with van der Waals surface area (Å²) in [5.41, 5.74) is 4.16. The highest BCUT2D eigenvalue weighted by atomic mass is 32.2. The Morgan fingerprint density at radius 2 is 1.85 bits per heavy atom. The van der Waals surface area contributed by atoms with Gasteiger partial charge < -0.3 is 15.3 Å². The molecule has 0 radical (unpaired) electrons. The average molecular weight is 375 g/mol. The fourth-order valence-corrected chi connectivity index (χ4v) is 5.18. The third-order valence-electron chi connectivity index (χ3n) is 5.31. The zero-order chi connectivity index (χ0) is 18.2. The number of para-hydroxylation sites is 1. The van der Waals surface area contributed by atoms with Gasteiger partial charge in [-0.3, -0.25) is 4.98 Å². The van der Waals surface area contributed by atoms with Crippen molar-refractivity contribution in [1.29, 1.82) is 0 Å². The number of fused-ring (bicyclic) bond motifs is 2. The van der Waals surface area contributed by atoms with Crippen molar-refractivity contribution in [2.75, 3.05) is 18.0 Å². The van der Waals surface area contributed by atoms with E-state index < -0.39 is 0 Å². The van der Waals surface area contributed by atoms with Gasteiger partial charge in [0, 0.05) is 33.8 Å². The number of pyridine rings is 1. The Kier molecular flexibility index (Phi) is 4.26. The van der Waals surface area contributed by atoms with Crippen molar-refractivity contribution in [3.05, 3.63) is 60.9 Å². The third-order valence-corrected chi connectivity index (χ3v) is 6.41. The van der Waals surface area contributed by atoms with E-state index in [1.165, 1.54) is 10.6 Å². The van der Waals surface area contributed by atoms with E-state index in [4.69, 9.17) is 0 Å². The van der Waals surface area contributed by atoms with Gasteiger partial charge in [0.25, 0.3) is 0 Å². The summed E-state index contributed by atoms with van der Waals surface area (Å²) in [6.45, 7) is 2.03. The molecule has 0 saturated carbocycles. The third kappa shape index (κ3) is 2.97. The van der Waals surface area contributed by atoms with Crippen LogP contribution in [0.1, 0.15) is 12.8 Å². The molecule has 1 aromatic heterocycles. The minimum atomic E-state index is 0.340. The van der Waals surface area contributed by atoms with E-state index in [9.17, 15) is 5.11 Å². The summed E-state index contributed by atoms with van der Waals surface area (Å²) in [6.07, 6.45) is 5.75. The summed E-state index contributed by atoms with van der Waals surface area (Å²) in [4.78, 5) is 8.93. The number of aromatic nitrogens is 1. The Morgan fingerprint density at radius 3 is 2.67 bits per heavy atom. The normalized spacial score (nSPS) is 16.7. The molecule has 5 heteroatoms. The number of benzene rings is 2. The lowest BCUT2D eigenvalue weighted by atomic mass is 10.0. The zero-order valence-corrected chi connectivity index (χ0v) is 15.7. The lowest BCUT2D eigenvalue weighted by Gasteiger charge is -2.41. The zero-order valence-electron chi connectivity index (χ0n) is 14.9. The summed E-state index contributed by atoms with van der Waals surface area (Å²) in [5.74, 6) is 0.340. The van der Waals surface area contributed by atoms with Gasteiger partial charge in [0.1, 0.15) is 5.75 Å². The van der Waals surface area contributed by atoms with Crippen LogP contribution in [-0.2, 0) is 0 Å². The van der Waals surface area contributed by atoms with Gasteiger partial charge in [-0.25, -0.2) is 0 Å². The summed E-state index contributed by atoms with van der Waals surface area (Å²) in [7, 11) is 0. The smallest absolute Gasteiger partial charge is 0.141 e. The molecule has 2 N–H and O–H groups in total. The molecule has 0 aliphatic carbocycles. The maximum Gasteiger partial charge on any atom is 0.141 e. The molecule has 5 rings (SSSR count). The lowest BCUT2D eigenvalue weighted by Crippen LogP contribution is -2.41. The molecule has 4 nitrogen and oxygen atoms in total. The van der Waals surface area contributed by atoms with E-state index in [-0.39, 0.29) is 0 Å². The van der Waals surface area contributed by atoms with Gasteiger partial charge in [0.05, 0.1) is 11.4 Å². The number of rotatable bonds is 2. The van der Waals surface area contributed by atoms with Crippen molar-refractivity contribution in [2.45, 2.75) is 28.7 Å². The average Bonchev–Trinajstić information content (AvgIpc) is 2.73. The van der Waals surface area contributed by atoms with Crippen molar-refractivity contribution >= 4 is 23.1 Å². The van der Waals surface area contributed by atoms with E-state index >= 15 is 0 Å². The largest absolute Gasteiger partial charge is 0.506 e. The van der Waals surface area contributed by atoms with E-state index in [0.29, 0.717) is 11.8 Å². The summed E-state index contributed by atoms with van der Waals surface area (Å²) >= 11 is 1.74. The fraction of sp³-hybridized carbons (Fsp3) is 0.227. The quantitative estimate of drug-likeness (QED) is 0.673. The Hall–Kier alpha value is -2.50. The minimum absolute atomic E-state index is 0.340. The number of anilines is 2. The Morgan fingerprint density at radius 1 is 1.00 bits per heavy atom. The molecule has 2 aliphatic heterocycles. The van der Waals surface area contributed by atoms with Crippen LogP contribution in [0, 0.1) is 0 Å². The van der Waals surface area contributed by atoms with Crippen LogP contribution < -0.4 is 10.2 Å². The number of hydrogen-bond donors (Lipinski definition) is 2. The predicted octanol–water partition coefficient (Wildman–Crippen LogP) is 4.81. The predicted molar refractivity (Wildman–Crippen MR) is 110 cm³/mol. The van der Waals surface area contributed by atoms with Crippen LogP contribution in [0.2, 0.25) is 0 Å². The fourth-order valence-electron chi connectivity index (χ4n) is 4.04. The van der Waals surface area contributed by atoms with E-state index in [1.807, 2.05) is 24.4 Å². The second-order valence-electron chi connectivity index (χ2n) is 7.00. The van der Waals surface area contributed by atoms with Crippen molar-refractivity contribution in [1.82, 2.24) is 10.3 Å². The van der Waals surface area contributed by atoms with Gasteiger partial charge in [-0.2, -0.15) is 0 Å². The number of phenolic OH excluding ortho intramolecular Hbond substituents is 1. The monoisotopic (exact) mass is 375 g/mol. The van der Waals surface area contributed by atoms with Crippen LogP contribution in [0.3, 0.4) is 0 Å². The summed E-state index contributed by atoms with van der Waals surface area (Å²) < 4.78 is 0. The first-order valence-corrected chi connectivity index (χ1v) is 10.2.